The molecule has 28 heavy (non-hydrogen) atoms. The number of hydrogen-bond donors (Lipinski definition) is 0. The molecule has 0 unspecified atom stereocenters. The van der Waals surface area contributed by atoms with Gasteiger partial charge in [-0.15, -0.1) is 5.10 Å². The lowest BCUT2D eigenvalue weighted by atomic mass is 10.1. The number of aryl methyl sites for hydroxylation is 1. The molecule has 0 fully saturated rings. The second kappa shape index (κ2) is 7.04. The molecule has 3 heterocycles. The van der Waals surface area contributed by atoms with E-state index < -0.39 is 11.9 Å². The lowest BCUT2D eigenvalue weighted by Crippen LogP contribution is -2.23. The van der Waals surface area contributed by atoms with E-state index in [-0.39, 0.29) is 24.5 Å². The van der Waals surface area contributed by atoms with Gasteiger partial charge in [0.05, 0.1) is 12.9 Å². The van der Waals surface area contributed by atoms with Crippen molar-refractivity contribution in [3.05, 3.63) is 74.3 Å². The van der Waals surface area contributed by atoms with Gasteiger partial charge in [-0.2, -0.15) is 4.68 Å². The average molecular weight is 405 g/mol. The minimum atomic E-state index is -1.47. The van der Waals surface area contributed by atoms with E-state index in [1.54, 1.807) is 23.7 Å². The maximum Gasteiger partial charge on any atom is 0.437 e. The molecule has 144 valence electrons. The van der Waals surface area contributed by atoms with Crippen LogP contribution in [0.15, 0.2) is 50.9 Å². The minimum absolute atomic E-state index is 0.0290. The fourth-order valence-corrected chi connectivity index (χ4v) is 2.91. The summed E-state index contributed by atoms with van der Waals surface area (Å²) in [6.45, 7) is -0.440. The van der Waals surface area contributed by atoms with Crippen LogP contribution in [0.25, 0.3) is 11.2 Å². The van der Waals surface area contributed by atoms with Crippen LogP contribution in [0, 0.1) is 0 Å². The Morgan fingerprint density at radius 1 is 1.18 bits per heavy atom. The van der Waals surface area contributed by atoms with Crippen molar-refractivity contribution in [2.45, 2.75) is 19.3 Å². The first-order chi connectivity index (χ1) is 13.4. The van der Waals surface area contributed by atoms with Gasteiger partial charge in [0.1, 0.15) is 19.0 Å². The average Bonchev–Trinajstić information content (AvgIpc) is 3.21. The van der Waals surface area contributed by atoms with Crippen molar-refractivity contribution in [3.63, 3.8) is 0 Å². The molecule has 0 N–H and O–H groups in total. The van der Waals surface area contributed by atoms with Crippen LogP contribution in [-0.4, -0.2) is 28.9 Å². The molecule has 11 heteroatoms. The molecule has 1 atom stereocenters. The zero-order valence-electron chi connectivity index (χ0n) is 14.6. The Morgan fingerprint density at radius 2 is 1.89 bits per heavy atom. The van der Waals surface area contributed by atoms with Crippen molar-refractivity contribution < 1.29 is 8.81 Å². The molecule has 4 aromatic rings. The van der Waals surface area contributed by atoms with E-state index in [9.17, 15) is 14.0 Å². The Morgan fingerprint density at radius 3 is 2.64 bits per heavy atom. The van der Waals surface area contributed by atoms with Crippen molar-refractivity contribution in [2.24, 2.45) is 7.05 Å². The van der Waals surface area contributed by atoms with E-state index in [0.717, 1.165) is 4.68 Å². The Bertz CT molecular complexity index is 1260. The highest BCUT2D eigenvalue weighted by Crippen LogP contribution is 2.20. The topological polar surface area (TPSA) is 101 Å². The summed E-state index contributed by atoms with van der Waals surface area (Å²) in [5, 5.41) is 4.47. The molecule has 0 aliphatic heterocycles. The highest BCUT2D eigenvalue weighted by molar-refractivity contribution is 6.30. The standard InChI is InChI=1S/C17H14ClFN6O3/c1-23-8-20-15-14(23)16(26)24(9-21-15)7-13-22-25(17(27)28-13)6-12(19)10-2-4-11(18)5-3-10/h2-5,8-9,12H,6-7H2,1H3/t12-/m0/s1. The number of rotatable bonds is 5. The molecule has 0 aliphatic carbocycles. The number of hydrogen-bond acceptors (Lipinski definition) is 6. The van der Waals surface area contributed by atoms with Gasteiger partial charge in [0.2, 0.25) is 5.89 Å². The number of nitrogens with zero attached hydrogens (tertiary/aromatic N) is 6. The van der Waals surface area contributed by atoms with Crippen molar-refractivity contribution in [2.75, 3.05) is 0 Å². The highest BCUT2D eigenvalue weighted by Gasteiger charge is 2.17. The highest BCUT2D eigenvalue weighted by atomic mass is 35.5. The van der Waals surface area contributed by atoms with Gasteiger partial charge >= 0.3 is 5.76 Å². The van der Waals surface area contributed by atoms with E-state index in [2.05, 4.69) is 15.1 Å². The van der Waals surface area contributed by atoms with Crippen LogP contribution in [0.2, 0.25) is 5.02 Å². The van der Waals surface area contributed by atoms with E-state index in [0.29, 0.717) is 21.7 Å². The van der Waals surface area contributed by atoms with Gasteiger partial charge in [0, 0.05) is 12.1 Å². The zero-order valence-corrected chi connectivity index (χ0v) is 15.4. The number of aromatic nitrogens is 6. The van der Waals surface area contributed by atoms with Crippen molar-refractivity contribution in [3.8, 4) is 0 Å². The summed E-state index contributed by atoms with van der Waals surface area (Å²) >= 11 is 5.79. The Hall–Kier alpha value is -3.27. The second-order valence-electron chi connectivity index (χ2n) is 6.17. The van der Waals surface area contributed by atoms with Gasteiger partial charge in [0.25, 0.3) is 5.56 Å². The van der Waals surface area contributed by atoms with E-state index in [4.69, 9.17) is 16.0 Å². The lowest BCUT2D eigenvalue weighted by Gasteiger charge is -2.07. The smallest absolute Gasteiger partial charge is 0.390 e. The number of benzene rings is 1. The largest absolute Gasteiger partial charge is 0.437 e. The van der Waals surface area contributed by atoms with Gasteiger partial charge in [-0.05, 0) is 17.7 Å². The predicted octanol–water partition coefficient (Wildman–Crippen LogP) is 1.69. The molecule has 0 saturated carbocycles. The molecular weight excluding hydrogens is 391 g/mol. The number of fused-ring (bicyclic) bond motifs is 1. The SMILES string of the molecule is Cn1cnc2ncn(Cc3nn(C[C@H](F)c4ccc(Cl)cc4)c(=O)o3)c(=O)c21. The molecule has 0 bridgehead atoms. The third-order valence-electron chi connectivity index (χ3n) is 4.22. The first kappa shape index (κ1) is 18.1. The molecule has 4 rings (SSSR count). The van der Waals surface area contributed by atoms with Crippen molar-refractivity contribution in [1.82, 2.24) is 28.9 Å². The van der Waals surface area contributed by atoms with E-state index >= 15 is 0 Å². The third-order valence-corrected chi connectivity index (χ3v) is 4.47. The number of halogens is 2. The molecule has 0 saturated heterocycles. The first-order valence-corrected chi connectivity index (χ1v) is 8.63. The van der Waals surface area contributed by atoms with Gasteiger partial charge in [0.15, 0.2) is 11.2 Å². The summed E-state index contributed by atoms with van der Waals surface area (Å²) in [6.07, 6.45) is 1.31. The van der Waals surface area contributed by atoms with E-state index in [1.807, 2.05) is 0 Å². The molecule has 0 aliphatic rings. The fraction of sp³-hybridized carbons (Fsp3) is 0.235. The third kappa shape index (κ3) is 3.33. The molecule has 0 radical (unpaired) electrons. The van der Waals surface area contributed by atoms with Gasteiger partial charge in [-0.3, -0.25) is 9.36 Å². The maximum absolute atomic E-state index is 14.5. The number of alkyl halides is 1. The Kier molecular flexibility index (Phi) is 4.55. The molecule has 0 spiro atoms. The predicted molar refractivity (Wildman–Crippen MR) is 97.9 cm³/mol. The normalized spacial score (nSPS) is 12.5. The summed E-state index contributed by atoms with van der Waals surface area (Å²) in [5.41, 5.74) is 0.643. The summed E-state index contributed by atoms with van der Waals surface area (Å²) in [6, 6.07) is 6.20. The van der Waals surface area contributed by atoms with E-state index in [1.165, 1.54) is 29.4 Å². The first-order valence-electron chi connectivity index (χ1n) is 8.25. The van der Waals surface area contributed by atoms with Crippen LogP contribution in [0.4, 0.5) is 4.39 Å². The summed E-state index contributed by atoms with van der Waals surface area (Å²) < 4.78 is 23.2. The summed E-state index contributed by atoms with van der Waals surface area (Å²) in [5.74, 6) is -0.840. The van der Waals surface area contributed by atoms with Crippen molar-refractivity contribution >= 4 is 22.8 Å². The fourth-order valence-electron chi connectivity index (χ4n) is 2.79. The zero-order chi connectivity index (χ0) is 19.8. The Balaban J connectivity index is 1.57. The molecule has 3 aromatic heterocycles. The summed E-state index contributed by atoms with van der Waals surface area (Å²) in [4.78, 5) is 32.6. The molecule has 0 amide bonds. The lowest BCUT2D eigenvalue weighted by molar-refractivity contribution is 0.283. The quantitative estimate of drug-likeness (QED) is 0.501. The van der Waals surface area contributed by atoms with Crippen LogP contribution in [-0.2, 0) is 20.1 Å². The van der Waals surface area contributed by atoms with Gasteiger partial charge in [-0.1, -0.05) is 23.7 Å². The molecule has 9 nitrogen and oxygen atoms in total. The minimum Gasteiger partial charge on any atom is -0.390 e. The van der Waals surface area contributed by atoms with Crippen LogP contribution in [0.5, 0.6) is 0 Å². The van der Waals surface area contributed by atoms with Crippen LogP contribution < -0.4 is 11.3 Å². The van der Waals surface area contributed by atoms with Gasteiger partial charge in [-0.25, -0.2) is 19.2 Å². The van der Waals surface area contributed by atoms with Crippen molar-refractivity contribution in [1.29, 1.82) is 0 Å². The van der Waals surface area contributed by atoms with Crippen LogP contribution >= 0.6 is 11.6 Å². The van der Waals surface area contributed by atoms with Gasteiger partial charge < -0.3 is 8.98 Å². The van der Waals surface area contributed by atoms with Crippen LogP contribution in [0.3, 0.4) is 0 Å². The second-order valence-corrected chi connectivity index (χ2v) is 6.60. The monoisotopic (exact) mass is 404 g/mol. The molecular formula is C17H14ClFN6O3. The van der Waals surface area contributed by atoms with Crippen LogP contribution in [0.1, 0.15) is 17.6 Å². The Labute approximate surface area is 161 Å². The summed E-state index contributed by atoms with van der Waals surface area (Å²) in [7, 11) is 1.68. The molecule has 1 aromatic carbocycles. The maximum atomic E-state index is 14.5. The number of imidazole rings is 1.